The summed E-state index contributed by atoms with van der Waals surface area (Å²) in [5, 5.41) is 12.7. The Morgan fingerprint density at radius 2 is 2.10 bits per heavy atom. The van der Waals surface area contributed by atoms with Gasteiger partial charge in [-0.15, -0.1) is 11.8 Å². The minimum absolute atomic E-state index is 0.366. The molecule has 1 aliphatic rings. The maximum atomic E-state index is 12.5. The van der Waals surface area contributed by atoms with Crippen molar-refractivity contribution in [3.63, 3.8) is 0 Å². The van der Waals surface area contributed by atoms with Crippen molar-refractivity contribution in [1.29, 1.82) is 0 Å². The number of aromatic nitrogens is 2. The summed E-state index contributed by atoms with van der Waals surface area (Å²) in [4.78, 5) is 32.5. The summed E-state index contributed by atoms with van der Waals surface area (Å²) in [6, 6.07) is 0. The first kappa shape index (κ1) is 16.1. The number of hydrogen-bond acceptors (Lipinski definition) is 6. The molecule has 0 aromatic carbocycles. The number of hydrogen-bond donors (Lipinski definition) is 2. The van der Waals surface area contributed by atoms with Gasteiger partial charge in [0.05, 0.1) is 11.3 Å². The molecule has 0 radical (unpaired) electrons. The molecule has 8 heteroatoms. The number of carbonyl (C=O) groups is 2. The van der Waals surface area contributed by atoms with Crippen molar-refractivity contribution in [1.82, 2.24) is 15.3 Å². The van der Waals surface area contributed by atoms with E-state index in [0.717, 1.165) is 5.75 Å². The molecule has 1 aliphatic heterocycles. The van der Waals surface area contributed by atoms with Crippen LogP contribution in [0.4, 0.5) is 0 Å². The van der Waals surface area contributed by atoms with Crippen molar-refractivity contribution in [2.45, 2.75) is 30.8 Å². The molecule has 1 saturated heterocycles. The number of amides is 1. The van der Waals surface area contributed by atoms with Crippen LogP contribution in [0.3, 0.4) is 0 Å². The standard InChI is InChI=1S/C13H17N3O3S2/c1-7-9(11(20-3)15-8(2)14-7)10(17)16-13(12(18)19)4-5-21-6-13/h4-6H2,1-3H3,(H,16,17)(H,18,19). The summed E-state index contributed by atoms with van der Waals surface area (Å²) < 4.78 is 0. The highest BCUT2D eigenvalue weighted by molar-refractivity contribution is 7.99. The lowest BCUT2D eigenvalue weighted by Crippen LogP contribution is -2.55. The molecule has 0 bridgehead atoms. The van der Waals surface area contributed by atoms with Crippen LogP contribution < -0.4 is 5.32 Å². The van der Waals surface area contributed by atoms with E-state index in [4.69, 9.17) is 0 Å². The average molecular weight is 327 g/mol. The lowest BCUT2D eigenvalue weighted by molar-refractivity contribution is -0.143. The van der Waals surface area contributed by atoms with Gasteiger partial charge in [-0.1, -0.05) is 0 Å². The van der Waals surface area contributed by atoms with Crippen molar-refractivity contribution in [2.75, 3.05) is 17.8 Å². The lowest BCUT2D eigenvalue weighted by Gasteiger charge is -2.25. The zero-order chi connectivity index (χ0) is 15.6. The number of thioether (sulfide) groups is 2. The van der Waals surface area contributed by atoms with Gasteiger partial charge in [0.25, 0.3) is 5.91 Å². The molecule has 0 saturated carbocycles. The molecule has 2 N–H and O–H groups in total. The molecular formula is C13H17N3O3S2. The maximum absolute atomic E-state index is 12.5. The quantitative estimate of drug-likeness (QED) is 0.639. The van der Waals surface area contributed by atoms with Gasteiger partial charge in [0, 0.05) is 5.75 Å². The highest BCUT2D eigenvalue weighted by atomic mass is 32.2. The third-order valence-corrected chi connectivity index (χ3v) is 5.24. The first-order valence-electron chi connectivity index (χ1n) is 6.42. The zero-order valence-corrected chi connectivity index (χ0v) is 13.7. The molecule has 0 aliphatic carbocycles. The molecule has 21 heavy (non-hydrogen) atoms. The second-order valence-electron chi connectivity index (χ2n) is 4.88. The van der Waals surface area contributed by atoms with Crippen molar-refractivity contribution in [3.8, 4) is 0 Å². The SMILES string of the molecule is CSc1nc(C)nc(C)c1C(=O)NC1(C(=O)O)CCSC1. The van der Waals surface area contributed by atoms with Gasteiger partial charge in [0.1, 0.15) is 16.4 Å². The van der Waals surface area contributed by atoms with Crippen molar-refractivity contribution >= 4 is 35.4 Å². The first-order valence-corrected chi connectivity index (χ1v) is 8.80. The monoisotopic (exact) mass is 327 g/mol. The largest absolute Gasteiger partial charge is 0.479 e. The summed E-state index contributed by atoms with van der Waals surface area (Å²) in [7, 11) is 0. The molecule has 1 fully saturated rings. The van der Waals surface area contributed by atoms with Crippen LogP contribution in [0.25, 0.3) is 0 Å². The maximum Gasteiger partial charge on any atom is 0.330 e. The van der Waals surface area contributed by atoms with E-state index in [1.165, 1.54) is 23.5 Å². The summed E-state index contributed by atoms with van der Waals surface area (Å²) >= 11 is 2.88. The first-order chi connectivity index (χ1) is 9.89. The number of aliphatic carboxylic acids is 1. The number of nitrogens with one attached hydrogen (secondary N) is 1. The van der Waals surface area contributed by atoms with Crippen LogP contribution in [0.15, 0.2) is 5.03 Å². The van der Waals surface area contributed by atoms with Crippen LogP contribution in [-0.4, -0.2) is 50.3 Å². The number of aryl methyl sites for hydroxylation is 2. The van der Waals surface area contributed by atoms with Crippen molar-refractivity contribution in [2.24, 2.45) is 0 Å². The fraction of sp³-hybridized carbons (Fsp3) is 0.538. The Morgan fingerprint density at radius 3 is 2.62 bits per heavy atom. The van der Waals surface area contributed by atoms with Gasteiger partial charge < -0.3 is 10.4 Å². The van der Waals surface area contributed by atoms with Crippen LogP contribution in [0.5, 0.6) is 0 Å². The number of rotatable bonds is 4. The van der Waals surface area contributed by atoms with E-state index >= 15 is 0 Å². The summed E-state index contributed by atoms with van der Waals surface area (Å²) in [5.41, 5.74) is -0.254. The van der Waals surface area contributed by atoms with E-state index in [-0.39, 0.29) is 0 Å². The average Bonchev–Trinajstić information content (AvgIpc) is 2.87. The van der Waals surface area contributed by atoms with Crippen LogP contribution in [0, 0.1) is 13.8 Å². The van der Waals surface area contributed by atoms with E-state index in [2.05, 4.69) is 15.3 Å². The Balaban J connectivity index is 2.34. The Bertz CT molecular complexity index is 586. The van der Waals surface area contributed by atoms with E-state index in [0.29, 0.717) is 34.3 Å². The molecule has 1 aromatic heterocycles. The normalized spacial score (nSPS) is 21.3. The predicted molar refractivity (Wildman–Crippen MR) is 83.1 cm³/mol. The Kier molecular flexibility index (Phi) is 4.77. The fourth-order valence-electron chi connectivity index (χ4n) is 2.26. The van der Waals surface area contributed by atoms with Crippen LogP contribution in [-0.2, 0) is 4.79 Å². The molecule has 0 spiro atoms. The molecule has 1 amide bonds. The lowest BCUT2D eigenvalue weighted by atomic mass is 9.98. The fourth-order valence-corrected chi connectivity index (χ4v) is 4.25. The van der Waals surface area contributed by atoms with E-state index in [1.54, 1.807) is 13.8 Å². The highest BCUT2D eigenvalue weighted by Gasteiger charge is 2.43. The molecule has 2 heterocycles. The molecule has 6 nitrogen and oxygen atoms in total. The molecule has 1 aromatic rings. The van der Waals surface area contributed by atoms with Gasteiger partial charge in [-0.2, -0.15) is 11.8 Å². The minimum Gasteiger partial charge on any atom is -0.479 e. The zero-order valence-electron chi connectivity index (χ0n) is 12.1. The van der Waals surface area contributed by atoms with Gasteiger partial charge in [-0.05, 0) is 32.3 Å². The smallest absolute Gasteiger partial charge is 0.330 e. The Labute approximate surface area is 131 Å². The van der Waals surface area contributed by atoms with Crippen molar-refractivity contribution < 1.29 is 14.7 Å². The third kappa shape index (κ3) is 3.16. The van der Waals surface area contributed by atoms with Crippen molar-refractivity contribution in [3.05, 3.63) is 17.1 Å². The Hall–Kier alpha value is -1.28. The number of carboxylic acid groups (broad SMARTS) is 1. The van der Waals surface area contributed by atoms with E-state index in [1.807, 2.05) is 6.26 Å². The van der Waals surface area contributed by atoms with E-state index in [9.17, 15) is 14.7 Å². The molecule has 1 atom stereocenters. The second-order valence-corrected chi connectivity index (χ2v) is 6.78. The topological polar surface area (TPSA) is 92.2 Å². The van der Waals surface area contributed by atoms with E-state index < -0.39 is 17.4 Å². The van der Waals surface area contributed by atoms with Crippen LogP contribution in [0.1, 0.15) is 28.3 Å². The Morgan fingerprint density at radius 1 is 1.38 bits per heavy atom. The highest BCUT2D eigenvalue weighted by Crippen LogP contribution is 2.29. The van der Waals surface area contributed by atoms with Gasteiger partial charge in [0.2, 0.25) is 0 Å². The van der Waals surface area contributed by atoms with Crippen LogP contribution >= 0.6 is 23.5 Å². The minimum atomic E-state index is -1.19. The molecule has 2 rings (SSSR count). The molecular weight excluding hydrogens is 310 g/mol. The summed E-state index contributed by atoms with van der Waals surface area (Å²) in [6.07, 6.45) is 2.26. The van der Waals surface area contributed by atoms with Gasteiger partial charge in [-0.25, -0.2) is 14.8 Å². The number of nitrogens with zero attached hydrogens (tertiary/aromatic N) is 2. The predicted octanol–water partition coefficient (Wildman–Crippen LogP) is 1.51. The summed E-state index contributed by atoms with van der Waals surface area (Å²) in [6.45, 7) is 3.50. The van der Waals surface area contributed by atoms with Gasteiger partial charge >= 0.3 is 5.97 Å². The number of carboxylic acids is 1. The molecule has 114 valence electrons. The van der Waals surface area contributed by atoms with Gasteiger partial charge in [-0.3, -0.25) is 4.79 Å². The second kappa shape index (κ2) is 6.23. The third-order valence-electron chi connectivity index (χ3n) is 3.37. The summed E-state index contributed by atoms with van der Waals surface area (Å²) in [5.74, 6) is 0.302. The molecule has 1 unspecified atom stereocenters. The van der Waals surface area contributed by atoms with Crippen LogP contribution in [0.2, 0.25) is 0 Å². The van der Waals surface area contributed by atoms with Gasteiger partial charge in [0.15, 0.2) is 0 Å². The number of carbonyl (C=O) groups excluding carboxylic acids is 1.